The lowest BCUT2D eigenvalue weighted by atomic mass is 10.1. The zero-order chi connectivity index (χ0) is 15.2. The van der Waals surface area contributed by atoms with E-state index in [1.54, 1.807) is 6.07 Å². The molecule has 0 fully saturated rings. The molecule has 2 rings (SSSR count). The smallest absolute Gasteiger partial charge is 0.244 e. The van der Waals surface area contributed by atoms with Gasteiger partial charge >= 0.3 is 0 Å². The lowest BCUT2D eigenvalue weighted by Crippen LogP contribution is -2.19. The second-order valence-corrected chi connectivity index (χ2v) is 5.55. The Hall–Kier alpha value is -1.72. The molecule has 0 radical (unpaired) electrons. The van der Waals surface area contributed by atoms with Crippen molar-refractivity contribution in [2.24, 2.45) is 5.10 Å². The molecular formula is C15H11BrClFN2O. The largest absolute Gasteiger partial charge is 0.273 e. The van der Waals surface area contributed by atoms with E-state index in [4.69, 9.17) is 11.6 Å². The Morgan fingerprint density at radius 1 is 1.29 bits per heavy atom. The summed E-state index contributed by atoms with van der Waals surface area (Å²) in [5, 5.41) is 3.96. The quantitative estimate of drug-likeness (QED) is 0.644. The van der Waals surface area contributed by atoms with E-state index in [0.717, 1.165) is 10.0 Å². The summed E-state index contributed by atoms with van der Waals surface area (Å²) in [5.74, 6) is -0.783. The van der Waals surface area contributed by atoms with Crippen molar-refractivity contribution in [3.05, 3.63) is 68.9 Å². The fourth-order valence-corrected chi connectivity index (χ4v) is 2.11. The molecule has 0 saturated heterocycles. The Balaban J connectivity index is 1.95. The van der Waals surface area contributed by atoms with Crippen molar-refractivity contribution in [2.75, 3.05) is 0 Å². The summed E-state index contributed by atoms with van der Waals surface area (Å²) in [4.78, 5) is 11.7. The maximum Gasteiger partial charge on any atom is 0.244 e. The molecule has 0 aromatic heterocycles. The number of amides is 1. The average molecular weight is 370 g/mol. The lowest BCUT2D eigenvalue weighted by Gasteiger charge is -2.02. The molecule has 0 heterocycles. The predicted octanol–water partition coefficient (Wildman–Crippen LogP) is 3.93. The van der Waals surface area contributed by atoms with Gasteiger partial charge in [-0.2, -0.15) is 5.10 Å². The van der Waals surface area contributed by atoms with Gasteiger partial charge in [0, 0.05) is 10.0 Å². The number of carbonyl (C=O) groups excluding carboxylic acids is 1. The summed E-state index contributed by atoms with van der Waals surface area (Å²) in [6, 6.07) is 11.7. The first-order valence-corrected chi connectivity index (χ1v) is 7.24. The van der Waals surface area contributed by atoms with Crippen LogP contribution in [0.1, 0.15) is 11.1 Å². The Morgan fingerprint density at radius 3 is 2.67 bits per heavy atom. The number of hydrogen-bond acceptors (Lipinski definition) is 2. The molecule has 6 heteroatoms. The summed E-state index contributed by atoms with van der Waals surface area (Å²) in [6.07, 6.45) is 1.38. The number of hydrazone groups is 1. The highest BCUT2D eigenvalue weighted by Crippen LogP contribution is 2.16. The van der Waals surface area contributed by atoms with Gasteiger partial charge in [-0.15, -0.1) is 0 Å². The summed E-state index contributed by atoms with van der Waals surface area (Å²) >= 11 is 9.16. The van der Waals surface area contributed by atoms with Crippen molar-refractivity contribution in [3.63, 3.8) is 0 Å². The van der Waals surface area contributed by atoms with Crippen LogP contribution in [-0.2, 0) is 11.2 Å². The van der Waals surface area contributed by atoms with Crippen LogP contribution in [0.2, 0.25) is 5.02 Å². The van der Waals surface area contributed by atoms with Crippen molar-refractivity contribution in [2.45, 2.75) is 6.42 Å². The van der Waals surface area contributed by atoms with Crippen molar-refractivity contribution in [1.29, 1.82) is 0 Å². The van der Waals surface area contributed by atoms with Crippen LogP contribution in [0.3, 0.4) is 0 Å². The number of benzene rings is 2. The molecule has 0 atom stereocenters. The van der Waals surface area contributed by atoms with Crippen LogP contribution in [0.4, 0.5) is 4.39 Å². The number of halogens is 3. The van der Waals surface area contributed by atoms with E-state index < -0.39 is 5.82 Å². The van der Waals surface area contributed by atoms with Crippen LogP contribution in [0, 0.1) is 5.82 Å². The molecule has 108 valence electrons. The van der Waals surface area contributed by atoms with Gasteiger partial charge in [0.15, 0.2) is 0 Å². The third kappa shape index (κ3) is 4.65. The second-order valence-electron chi connectivity index (χ2n) is 4.23. The molecule has 0 saturated carbocycles. The molecular weight excluding hydrogens is 359 g/mol. The molecule has 0 aliphatic rings. The first-order valence-electron chi connectivity index (χ1n) is 6.06. The third-order valence-electron chi connectivity index (χ3n) is 2.66. The van der Waals surface area contributed by atoms with Crippen molar-refractivity contribution < 1.29 is 9.18 Å². The van der Waals surface area contributed by atoms with Gasteiger partial charge in [0.1, 0.15) is 5.82 Å². The Labute approximate surface area is 134 Å². The molecule has 0 bridgehead atoms. The van der Waals surface area contributed by atoms with Crippen molar-refractivity contribution in [1.82, 2.24) is 5.43 Å². The van der Waals surface area contributed by atoms with Crippen LogP contribution < -0.4 is 5.43 Å². The minimum atomic E-state index is -0.492. The van der Waals surface area contributed by atoms with Gasteiger partial charge in [-0.05, 0) is 29.8 Å². The van der Waals surface area contributed by atoms with Gasteiger partial charge < -0.3 is 0 Å². The molecule has 21 heavy (non-hydrogen) atoms. The molecule has 3 nitrogen and oxygen atoms in total. The van der Waals surface area contributed by atoms with E-state index in [9.17, 15) is 9.18 Å². The Morgan fingerprint density at radius 2 is 2.00 bits per heavy atom. The van der Waals surface area contributed by atoms with E-state index in [1.807, 2.05) is 24.3 Å². The highest BCUT2D eigenvalue weighted by molar-refractivity contribution is 9.10. The molecule has 0 aliphatic heterocycles. The minimum absolute atomic E-state index is 0.142. The number of nitrogens with one attached hydrogen (secondary N) is 1. The zero-order valence-corrected chi connectivity index (χ0v) is 13.2. The SMILES string of the molecule is O=C(Cc1ccc(Br)cc1)N/N=C\c1c(F)cccc1Cl. The maximum atomic E-state index is 13.5. The van der Waals surface area contributed by atoms with Gasteiger partial charge in [0.25, 0.3) is 0 Å². The van der Waals surface area contributed by atoms with Gasteiger partial charge in [-0.3, -0.25) is 4.79 Å². The Bertz CT molecular complexity index is 654. The fourth-order valence-electron chi connectivity index (χ4n) is 1.63. The third-order valence-corrected chi connectivity index (χ3v) is 3.52. The highest BCUT2D eigenvalue weighted by atomic mass is 79.9. The van der Waals surface area contributed by atoms with Gasteiger partial charge in [0.2, 0.25) is 5.91 Å². The van der Waals surface area contributed by atoms with Crippen molar-refractivity contribution in [3.8, 4) is 0 Å². The first kappa shape index (κ1) is 15.7. The molecule has 1 amide bonds. The highest BCUT2D eigenvalue weighted by Gasteiger charge is 2.05. The van der Waals surface area contributed by atoms with Crippen LogP contribution >= 0.6 is 27.5 Å². The Kier molecular flexibility index (Phi) is 5.47. The van der Waals surface area contributed by atoms with Gasteiger partial charge in [0.05, 0.1) is 17.7 Å². The van der Waals surface area contributed by atoms with Crippen LogP contribution in [0.5, 0.6) is 0 Å². The van der Waals surface area contributed by atoms with Crippen LogP contribution in [0.15, 0.2) is 52.0 Å². The summed E-state index contributed by atoms with van der Waals surface area (Å²) in [5.41, 5.74) is 3.34. The predicted molar refractivity (Wildman–Crippen MR) is 85.0 cm³/mol. The van der Waals surface area contributed by atoms with Crippen LogP contribution in [-0.4, -0.2) is 12.1 Å². The van der Waals surface area contributed by atoms with Gasteiger partial charge in [-0.25, -0.2) is 9.82 Å². The molecule has 0 aliphatic carbocycles. The molecule has 1 N–H and O–H groups in total. The number of hydrogen-bond donors (Lipinski definition) is 1. The van der Waals surface area contributed by atoms with E-state index in [2.05, 4.69) is 26.5 Å². The fraction of sp³-hybridized carbons (Fsp3) is 0.0667. The van der Waals surface area contributed by atoms with Crippen molar-refractivity contribution >= 4 is 39.7 Å². The summed E-state index contributed by atoms with van der Waals surface area (Å²) in [7, 11) is 0. The summed E-state index contributed by atoms with van der Waals surface area (Å²) < 4.78 is 14.4. The lowest BCUT2D eigenvalue weighted by molar-refractivity contribution is -0.120. The molecule has 0 spiro atoms. The normalized spacial score (nSPS) is 10.8. The monoisotopic (exact) mass is 368 g/mol. The molecule has 0 unspecified atom stereocenters. The second kappa shape index (κ2) is 7.33. The maximum absolute atomic E-state index is 13.5. The van der Waals surface area contributed by atoms with E-state index in [1.165, 1.54) is 18.3 Å². The number of nitrogens with zero attached hydrogens (tertiary/aromatic N) is 1. The zero-order valence-electron chi connectivity index (χ0n) is 10.8. The standard InChI is InChI=1S/C15H11BrClFN2O/c16-11-6-4-10(5-7-11)8-15(21)20-19-9-12-13(17)2-1-3-14(12)18/h1-7,9H,8H2,(H,20,21)/b19-9-. The van der Waals surface area contributed by atoms with E-state index >= 15 is 0 Å². The summed E-state index contributed by atoms with van der Waals surface area (Å²) in [6.45, 7) is 0. The van der Waals surface area contributed by atoms with Crippen LogP contribution in [0.25, 0.3) is 0 Å². The topological polar surface area (TPSA) is 41.5 Å². The van der Waals surface area contributed by atoms with Gasteiger partial charge in [-0.1, -0.05) is 45.7 Å². The first-order chi connectivity index (χ1) is 10.1. The molecule has 2 aromatic carbocycles. The van der Waals surface area contributed by atoms with E-state index in [-0.39, 0.29) is 22.9 Å². The molecule has 2 aromatic rings. The number of rotatable bonds is 4. The minimum Gasteiger partial charge on any atom is -0.273 e. The van der Waals surface area contributed by atoms with E-state index in [0.29, 0.717) is 0 Å². The number of carbonyl (C=O) groups is 1. The average Bonchev–Trinajstić information content (AvgIpc) is 2.45.